The molecule has 0 aromatic rings. The monoisotopic (exact) mass is 300 g/mol. The number of halogens is 7. The lowest BCUT2D eigenvalue weighted by Gasteiger charge is -2.29. The average molecular weight is 300 g/mol. The number of hydrogen-bond donors (Lipinski definition) is 2. The van der Waals surface area contributed by atoms with Crippen LogP contribution in [0.4, 0.5) is 30.7 Å². The number of alkyl halides is 7. The molecule has 0 radical (unpaired) electrons. The van der Waals surface area contributed by atoms with Crippen LogP contribution in [-0.2, 0) is 0 Å². The van der Waals surface area contributed by atoms with E-state index in [4.69, 9.17) is 10.2 Å². The van der Waals surface area contributed by atoms with E-state index in [1.807, 2.05) is 0 Å². The molecule has 116 valence electrons. The molecule has 0 saturated heterocycles. The molecule has 2 N–H and O–H groups in total. The second-order valence-electron chi connectivity index (χ2n) is 4.21. The Labute approximate surface area is 105 Å². The van der Waals surface area contributed by atoms with E-state index in [-0.39, 0.29) is 19.4 Å². The van der Waals surface area contributed by atoms with E-state index in [0.29, 0.717) is 12.8 Å². The number of aliphatic hydroxyl groups is 2. The molecule has 2 nitrogen and oxygen atoms in total. The van der Waals surface area contributed by atoms with Crippen molar-refractivity contribution in [2.24, 2.45) is 0 Å². The highest BCUT2D eigenvalue weighted by atomic mass is 19.4. The Kier molecular flexibility index (Phi) is 6.53. The van der Waals surface area contributed by atoms with Gasteiger partial charge in [-0.1, -0.05) is 12.8 Å². The highest BCUT2D eigenvalue weighted by Gasteiger charge is 2.72. The zero-order valence-electron chi connectivity index (χ0n) is 9.86. The van der Waals surface area contributed by atoms with Crippen LogP contribution in [0.3, 0.4) is 0 Å². The van der Waals surface area contributed by atoms with Crippen LogP contribution in [0.15, 0.2) is 0 Å². The van der Waals surface area contributed by atoms with Crippen LogP contribution in [0.2, 0.25) is 0 Å². The van der Waals surface area contributed by atoms with Gasteiger partial charge in [0.2, 0.25) is 0 Å². The average Bonchev–Trinajstić information content (AvgIpc) is 2.22. The lowest BCUT2D eigenvalue weighted by atomic mass is 10.00. The Morgan fingerprint density at radius 2 is 1.37 bits per heavy atom. The van der Waals surface area contributed by atoms with Gasteiger partial charge in [0.05, 0.1) is 6.10 Å². The molecule has 0 bridgehead atoms. The second-order valence-corrected chi connectivity index (χ2v) is 4.21. The summed E-state index contributed by atoms with van der Waals surface area (Å²) in [5, 5.41) is 17.5. The molecule has 0 amide bonds. The summed E-state index contributed by atoms with van der Waals surface area (Å²) in [6.45, 7) is -0.154. The van der Waals surface area contributed by atoms with Crippen molar-refractivity contribution in [3.8, 4) is 0 Å². The molecule has 0 aliphatic rings. The molecule has 0 aromatic heterocycles. The highest BCUT2D eigenvalue weighted by Crippen LogP contribution is 2.48. The highest BCUT2D eigenvalue weighted by molar-refractivity contribution is 4.92. The molecular formula is C10H15F7O2. The van der Waals surface area contributed by atoms with Gasteiger partial charge in [0.15, 0.2) is 0 Å². The number of rotatable bonds is 8. The van der Waals surface area contributed by atoms with Crippen molar-refractivity contribution in [3.05, 3.63) is 0 Å². The Bertz CT molecular complexity index is 265. The topological polar surface area (TPSA) is 40.5 Å². The van der Waals surface area contributed by atoms with Crippen LogP contribution < -0.4 is 0 Å². The summed E-state index contributed by atoms with van der Waals surface area (Å²) in [7, 11) is 0. The van der Waals surface area contributed by atoms with Crippen molar-refractivity contribution in [3.63, 3.8) is 0 Å². The van der Waals surface area contributed by atoms with Gasteiger partial charge < -0.3 is 10.2 Å². The first-order chi connectivity index (χ1) is 8.45. The summed E-state index contributed by atoms with van der Waals surface area (Å²) >= 11 is 0. The van der Waals surface area contributed by atoms with E-state index < -0.39 is 30.5 Å². The second kappa shape index (κ2) is 6.74. The maximum Gasteiger partial charge on any atom is 0.459 e. The minimum Gasteiger partial charge on any atom is -0.396 e. The smallest absolute Gasteiger partial charge is 0.396 e. The molecule has 0 spiro atoms. The molecule has 0 rings (SSSR count). The maximum atomic E-state index is 12.9. The molecule has 0 heterocycles. The molecular weight excluding hydrogens is 285 g/mol. The summed E-state index contributed by atoms with van der Waals surface area (Å²) < 4.78 is 86.1. The molecule has 1 atom stereocenters. The van der Waals surface area contributed by atoms with Crippen molar-refractivity contribution in [2.45, 2.75) is 56.2 Å². The Morgan fingerprint density at radius 3 is 1.79 bits per heavy atom. The van der Waals surface area contributed by atoms with Crippen molar-refractivity contribution in [2.75, 3.05) is 6.61 Å². The van der Waals surface area contributed by atoms with Crippen molar-refractivity contribution in [1.29, 1.82) is 0 Å². The van der Waals surface area contributed by atoms with E-state index >= 15 is 0 Å². The summed E-state index contributed by atoms with van der Waals surface area (Å²) in [4.78, 5) is 0. The van der Waals surface area contributed by atoms with Gasteiger partial charge in [-0.3, -0.25) is 0 Å². The van der Waals surface area contributed by atoms with E-state index in [0.717, 1.165) is 0 Å². The van der Waals surface area contributed by atoms with Crippen LogP contribution in [0.5, 0.6) is 0 Å². The fraction of sp³-hybridized carbons (Fsp3) is 1.00. The zero-order valence-corrected chi connectivity index (χ0v) is 9.86. The van der Waals surface area contributed by atoms with Gasteiger partial charge in [-0.25, -0.2) is 0 Å². The zero-order chi connectivity index (χ0) is 15.3. The van der Waals surface area contributed by atoms with Gasteiger partial charge in [0.25, 0.3) is 0 Å². The quantitative estimate of drug-likeness (QED) is 0.534. The number of unbranched alkanes of at least 4 members (excludes halogenated alkanes) is 2. The summed E-state index contributed by atoms with van der Waals surface area (Å²) in [6, 6.07) is 0. The molecule has 0 fully saturated rings. The molecule has 0 aliphatic heterocycles. The maximum absolute atomic E-state index is 12.9. The standard InChI is InChI=1S/C10H15F7O2/c11-8(12,9(13,14)10(15,16)17)6-7(19)4-2-1-3-5-18/h7,18-19H,1-6H2. The predicted molar refractivity (Wildman–Crippen MR) is 52.1 cm³/mol. The predicted octanol–water partition coefficient (Wildman–Crippen LogP) is 3.12. The summed E-state index contributed by atoms with van der Waals surface area (Å²) in [5.74, 6) is -11.5. The van der Waals surface area contributed by atoms with Gasteiger partial charge in [0, 0.05) is 13.0 Å². The lowest BCUT2D eigenvalue weighted by Crippen LogP contribution is -2.53. The van der Waals surface area contributed by atoms with Crippen LogP contribution in [-0.4, -0.2) is 40.9 Å². The third kappa shape index (κ3) is 5.13. The Morgan fingerprint density at radius 1 is 0.842 bits per heavy atom. The normalized spacial score (nSPS) is 15.6. The summed E-state index contributed by atoms with van der Waals surface area (Å²) in [5.41, 5.74) is 0. The first kappa shape index (κ1) is 18.4. The van der Waals surface area contributed by atoms with Crippen LogP contribution in [0.25, 0.3) is 0 Å². The fourth-order valence-corrected chi connectivity index (χ4v) is 1.40. The van der Waals surface area contributed by atoms with Crippen LogP contribution in [0.1, 0.15) is 32.1 Å². The lowest BCUT2D eigenvalue weighted by molar-refractivity contribution is -0.358. The number of hydrogen-bond acceptors (Lipinski definition) is 2. The van der Waals surface area contributed by atoms with Gasteiger partial charge >= 0.3 is 18.0 Å². The van der Waals surface area contributed by atoms with Crippen LogP contribution >= 0.6 is 0 Å². The molecule has 0 aliphatic carbocycles. The third-order valence-corrected chi connectivity index (χ3v) is 2.50. The van der Waals surface area contributed by atoms with Crippen LogP contribution in [0, 0.1) is 0 Å². The largest absolute Gasteiger partial charge is 0.459 e. The molecule has 9 heteroatoms. The van der Waals surface area contributed by atoms with Crippen molar-refractivity contribution in [1.82, 2.24) is 0 Å². The van der Waals surface area contributed by atoms with E-state index in [1.54, 1.807) is 0 Å². The van der Waals surface area contributed by atoms with Gasteiger partial charge in [-0.05, 0) is 12.8 Å². The van der Waals surface area contributed by atoms with E-state index in [1.165, 1.54) is 0 Å². The minimum atomic E-state index is -6.37. The van der Waals surface area contributed by atoms with E-state index in [2.05, 4.69) is 0 Å². The molecule has 19 heavy (non-hydrogen) atoms. The molecule has 0 aromatic carbocycles. The van der Waals surface area contributed by atoms with Crippen molar-refractivity contribution < 1.29 is 40.9 Å². The van der Waals surface area contributed by atoms with Gasteiger partial charge in [-0.2, -0.15) is 30.7 Å². The van der Waals surface area contributed by atoms with E-state index in [9.17, 15) is 30.7 Å². The van der Waals surface area contributed by atoms with Crippen molar-refractivity contribution >= 4 is 0 Å². The third-order valence-electron chi connectivity index (χ3n) is 2.50. The Balaban J connectivity index is 4.43. The SMILES string of the molecule is OCCCCCC(O)CC(F)(F)C(F)(F)C(F)(F)F. The first-order valence-electron chi connectivity index (χ1n) is 5.57. The van der Waals surface area contributed by atoms with Gasteiger partial charge in [-0.15, -0.1) is 0 Å². The molecule has 1 unspecified atom stereocenters. The first-order valence-corrected chi connectivity index (χ1v) is 5.57. The fourth-order valence-electron chi connectivity index (χ4n) is 1.40. The Hall–Kier alpha value is -0.570. The molecule has 0 saturated carbocycles. The summed E-state index contributed by atoms with van der Waals surface area (Å²) in [6.07, 6.45) is -9.77. The minimum absolute atomic E-state index is 0.148. The van der Waals surface area contributed by atoms with Gasteiger partial charge in [0.1, 0.15) is 0 Å². The number of aliphatic hydroxyl groups excluding tert-OH is 2.